The fourth-order valence-electron chi connectivity index (χ4n) is 4.89. The van der Waals surface area contributed by atoms with Gasteiger partial charge in [-0.3, -0.25) is 0 Å². The van der Waals surface area contributed by atoms with Gasteiger partial charge in [0.2, 0.25) is 0 Å². The Balaban J connectivity index is 1.71. The van der Waals surface area contributed by atoms with Gasteiger partial charge < -0.3 is 9.88 Å². The van der Waals surface area contributed by atoms with E-state index in [2.05, 4.69) is 54.7 Å². The predicted octanol–water partition coefficient (Wildman–Crippen LogP) is 3.48. The highest BCUT2D eigenvalue weighted by molar-refractivity contribution is 5.05. The zero-order valence-electron chi connectivity index (χ0n) is 14.2. The zero-order chi connectivity index (χ0) is 15.3. The Morgan fingerprint density at radius 3 is 2.48 bits per heavy atom. The third-order valence-corrected chi connectivity index (χ3v) is 5.07. The van der Waals surface area contributed by atoms with E-state index in [0.29, 0.717) is 22.9 Å². The minimum atomic E-state index is 0.291. The second-order valence-electron chi connectivity index (χ2n) is 8.73. The van der Waals surface area contributed by atoms with Gasteiger partial charge in [0.05, 0.1) is 6.04 Å². The molecule has 21 heavy (non-hydrogen) atoms. The Hall–Kier alpha value is -0.900. The molecular weight excluding hydrogens is 260 g/mol. The average molecular weight is 290 g/mol. The molecule has 3 rings (SSSR count). The highest BCUT2D eigenvalue weighted by Gasteiger charge is 2.39. The maximum absolute atomic E-state index is 4.43. The minimum absolute atomic E-state index is 0.291. The molecule has 1 aliphatic carbocycles. The molecule has 1 fully saturated rings. The van der Waals surface area contributed by atoms with Crippen LogP contribution in [0.5, 0.6) is 0 Å². The molecule has 1 saturated carbocycles. The summed E-state index contributed by atoms with van der Waals surface area (Å²) in [6, 6.07) is 0.868. The maximum Gasteiger partial charge on any atom is 0.149 e. The molecule has 1 aromatic heterocycles. The van der Waals surface area contributed by atoms with Gasteiger partial charge in [0.15, 0.2) is 0 Å². The lowest BCUT2D eigenvalue weighted by atomic mass is 9.63. The molecular formula is C17H30N4. The standard InChI is InChI=1S/C17H30N4/c1-12(15-20-19-14-7-6-8-21(14)15)18-13-9-16(2,3)11-17(4,5)10-13/h12-13,18H,6-11H2,1-5H3. The highest BCUT2D eigenvalue weighted by atomic mass is 15.3. The van der Waals surface area contributed by atoms with E-state index in [1.54, 1.807) is 0 Å². The average Bonchev–Trinajstić information content (AvgIpc) is 2.84. The third kappa shape index (κ3) is 3.15. The summed E-state index contributed by atoms with van der Waals surface area (Å²) >= 11 is 0. The van der Waals surface area contributed by atoms with Crippen LogP contribution in [0.25, 0.3) is 0 Å². The molecule has 0 spiro atoms. The summed E-state index contributed by atoms with van der Waals surface area (Å²) in [4.78, 5) is 0. The molecule has 0 amide bonds. The largest absolute Gasteiger partial charge is 0.314 e. The second-order valence-corrected chi connectivity index (χ2v) is 8.73. The van der Waals surface area contributed by atoms with Gasteiger partial charge in [-0.1, -0.05) is 27.7 Å². The van der Waals surface area contributed by atoms with Crippen molar-refractivity contribution in [2.75, 3.05) is 0 Å². The first-order chi connectivity index (χ1) is 9.76. The van der Waals surface area contributed by atoms with Crippen molar-refractivity contribution in [3.63, 3.8) is 0 Å². The second kappa shape index (κ2) is 5.08. The van der Waals surface area contributed by atoms with E-state index in [0.717, 1.165) is 18.8 Å². The van der Waals surface area contributed by atoms with E-state index in [1.807, 2.05) is 0 Å². The monoisotopic (exact) mass is 290 g/mol. The topological polar surface area (TPSA) is 42.7 Å². The molecule has 0 bridgehead atoms. The lowest BCUT2D eigenvalue weighted by Gasteiger charge is -2.45. The molecule has 118 valence electrons. The molecule has 0 aromatic carbocycles. The third-order valence-electron chi connectivity index (χ3n) is 5.07. The Kier molecular flexibility index (Phi) is 3.63. The first-order valence-electron chi connectivity index (χ1n) is 8.44. The molecule has 0 radical (unpaired) electrons. The van der Waals surface area contributed by atoms with E-state index in [-0.39, 0.29) is 0 Å². The van der Waals surface area contributed by atoms with Crippen LogP contribution in [-0.2, 0) is 13.0 Å². The zero-order valence-corrected chi connectivity index (χ0v) is 14.2. The van der Waals surface area contributed by atoms with Crippen LogP contribution < -0.4 is 5.32 Å². The van der Waals surface area contributed by atoms with Crippen LogP contribution in [0.2, 0.25) is 0 Å². The number of aromatic nitrogens is 3. The van der Waals surface area contributed by atoms with Crippen molar-refractivity contribution in [1.82, 2.24) is 20.1 Å². The lowest BCUT2D eigenvalue weighted by molar-refractivity contribution is 0.0804. The lowest BCUT2D eigenvalue weighted by Crippen LogP contribution is -2.45. The number of hydrogen-bond donors (Lipinski definition) is 1. The van der Waals surface area contributed by atoms with Crippen LogP contribution in [0, 0.1) is 10.8 Å². The van der Waals surface area contributed by atoms with Crippen LogP contribution in [0.1, 0.15) is 78.0 Å². The molecule has 1 aliphatic heterocycles. The summed E-state index contributed by atoms with van der Waals surface area (Å²) in [5.41, 5.74) is 0.845. The van der Waals surface area contributed by atoms with Crippen LogP contribution in [0.15, 0.2) is 0 Å². The van der Waals surface area contributed by atoms with Crippen molar-refractivity contribution >= 4 is 0 Å². The van der Waals surface area contributed by atoms with Gasteiger partial charge in [-0.15, -0.1) is 10.2 Å². The molecule has 1 N–H and O–H groups in total. The molecule has 4 heteroatoms. The Morgan fingerprint density at radius 1 is 1.14 bits per heavy atom. The van der Waals surface area contributed by atoms with E-state index in [1.165, 1.54) is 31.5 Å². The van der Waals surface area contributed by atoms with E-state index < -0.39 is 0 Å². The van der Waals surface area contributed by atoms with Crippen molar-refractivity contribution < 1.29 is 0 Å². The first kappa shape index (κ1) is 15.0. The van der Waals surface area contributed by atoms with Crippen LogP contribution >= 0.6 is 0 Å². The molecule has 1 aromatic rings. The SMILES string of the molecule is CC(NC1CC(C)(C)CC(C)(C)C1)c1nnc2n1CCC2. The summed E-state index contributed by atoms with van der Waals surface area (Å²) < 4.78 is 2.32. The fraction of sp³-hybridized carbons (Fsp3) is 0.882. The molecule has 2 aliphatic rings. The maximum atomic E-state index is 4.43. The Bertz CT molecular complexity index is 499. The van der Waals surface area contributed by atoms with Crippen molar-refractivity contribution in [1.29, 1.82) is 0 Å². The number of fused-ring (bicyclic) bond motifs is 1. The van der Waals surface area contributed by atoms with Gasteiger partial charge in [0.1, 0.15) is 11.6 Å². The predicted molar refractivity (Wildman–Crippen MR) is 85.1 cm³/mol. The van der Waals surface area contributed by atoms with Gasteiger partial charge in [-0.2, -0.15) is 0 Å². The Morgan fingerprint density at radius 2 is 1.81 bits per heavy atom. The van der Waals surface area contributed by atoms with Gasteiger partial charge in [-0.05, 0) is 43.4 Å². The summed E-state index contributed by atoms with van der Waals surface area (Å²) in [6.07, 6.45) is 6.12. The summed E-state index contributed by atoms with van der Waals surface area (Å²) in [6.45, 7) is 12.9. The summed E-state index contributed by atoms with van der Waals surface area (Å²) in [5, 5.41) is 12.6. The summed E-state index contributed by atoms with van der Waals surface area (Å²) in [5.74, 6) is 2.30. The van der Waals surface area contributed by atoms with E-state index in [9.17, 15) is 0 Å². The van der Waals surface area contributed by atoms with Crippen molar-refractivity contribution in [2.45, 2.75) is 85.4 Å². The summed E-state index contributed by atoms with van der Waals surface area (Å²) in [7, 11) is 0. The highest BCUT2D eigenvalue weighted by Crippen LogP contribution is 2.46. The van der Waals surface area contributed by atoms with Crippen molar-refractivity contribution in [3.8, 4) is 0 Å². The number of nitrogens with one attached hydrogen (secondary N) is 1. The normalized spacial score (nSPS) is 25.8. The van der Waals surface area contributed by atoms with Crippen LogP contribution in [0.4, 0.5) is 0 Å². The van der Waals surface area contributed by atoms with Crippen LogP contribution in [-0.4, -0.2) is 20.8 Å². The molecule has 1 unspecified atom stereocenters. The van der Waals surface area contributed by atoms with Gasteiger partial charge in [-0.25, -0.2) is 0 Å². The quantitative estimate of drug-likeness (QED) is 0.926. The first-order valence-corrected chi connectivity index (χ1v) is 8.44. The number of hydrogen-bond acceptors (Lipinski definition) is 3. The van der Waals surface area contributed by atoms with Gasteiger partial charge in [0.25, 0.3) is 0 Å². The van der Waals surface area contributed by atoms with E-state index in [4.69, 9.17) is 0 Å². The molecule has 0 saturated heterocycles. The van der Waals surface area contributed by atoms with E-state index >= 15 is 0 Å². The van der Waals surface area contributed by atoms with Crippen LogP contribution in [0.3, 0.4) is 0 Å². The Labute approximate surface area is 128 Å². The van der Waals surface area contributed by atoms with Crippen molar-refractivity contribution in [3.05, 3.63) is 11.6 Å². The fourth-order valence-corrected chi connectivity index (χ4v) is 4.89. The smallest absolute Gasteiger partial charge is 0.149 e. The molecule has 1 atom stereocenters. The number of nitrogens with zero attached hydrogens (tertiary/aromatic N) is 3. The number of aryl methyl sites for hydroxylation is 1. The van der Waals surface area contributed by atoms with Crippen molar-refractivity contribution in [2.24, 2.45) is 10.8 Å². The molecule has 4 nitrogen and oxygen atoms in total. The minimum Gasteiger partial charge on any atom is -0.314 e. The number of rotatable bonds is 3. The molecule has 2 heterocycles. The van der Waals surface area contributed by atoms with Gasteiger partial charge in [0, 0.05) is 19.0 Å². The van der Waals surface area contributed by atoms with Gasteiger partial charge >= 0.3 is 0 Å².